The minimum atomic E-state index is -0.894. The number of carboxylic acids is 1. The summed E-state index contributed by atoms with van der Waals surface area (Å²) in [6.07, 6.45) is 1.71. The van der Waals surface area contributed by atoms with Crippen LogP contribution in [0.2, 0.25) is 0 Å². The SMILES string of the molecule is O=C(O)CCCC(=O)OC1CCCO1. The zero-order valence-electron chi connectivity index (χ0n) is 7.90. The maximum absolute atomic E-state index is 11.1. The van der Waals surface area contributed by atoms with E-state index in [0.717, 1.165) is 12.8 Å². The highest BCUT2D eigenvalue weighted by Crippen LogP contribution is 2.14. The molecule has 80 valence electrons. The summed E-state index contributed by atoms with van der Waals surface area (Å²) in [5, 5.41) is 8.33. The van der Waals surface area contributed by atoms with Crippen molar-refractivity contribution < 1.29 is 24.2 Å². The van der Waals surface area contributed by atoms with E-state index in [1.807, 2.05) is 0 Å². The molecule has 5 nitrogen and oxygen atoms in total. The van der Waals surface area contributed by atoms with Crippen LogP contribution in [-0.2, 0) is 19.1 Å². The highest BCUT2D eigenvalue weighted by Gasteiger charge is 2.19. The van der Waals surface area contributed by atoms with Crippen LogP contribution in [0.4, 0.5) is 0 Å². The second kappa shape index (κ2) is 5.59. The van der Waals surface area contributed by atoms with Crippen molar-refractivity contribution in [3.63, 3.8) is 0 Å². The summed E-state index contributed by atoms with van der Waals surface area (Å²) in [6.45, 7) is 0.632. The molecule has 5 heteroatoms. The molecule has 1 aliphatic heterocycles. The smallest absolute Gasteiger partial charge is 0.308 e. The van der Waals surface area contributed by atoms with Gasteiger partial charge in [0, 0.05) is 19.3 Å². The molecule has 0 aromatic carbocycles. The molecule has 1 fully saturated rings. The molecule has 1 unspecified atom stereocenters. The fraction of sp³-hybridized carbons (Fsp3) is 0.778. The first kappa shape index (κ1) is 11.0. The topological polar surface area (TPSA) is 72.8 Å². The fourth-order valence-corrected chi connectivity index (χ4v) is 1.23. The maximum Gasteiger partial charge on any atom is 0.308 e. The third kappa shape index (κ3) is 4.23. The molecule has 0 amide bonds. The number of hydrogen-bond acceptors (Lipinski definition) is 4. The molecule has 14 heavy (non-hydrogen) atoms. The first-order valence-electron chi connectivity index (χ1n) is 4.71. The Morgan fingerprint density at radius 1 is 1.43 bits per heavy atom. The van der Waals surface area contributed by atoms with Crippen LogP contribution in [0.1, 0.15) is 32.1 Å². The van der Waals surface area contributed by atoms with E-state index in [4.69, 9.17) is 14.6 Å². The van der Waals surface area contributed by atoms with Crippen LogP contribution >= 0.6 is 0 Å². The molecular formula is C9H14O5. The van der Waals surface area contributed by atoms with E-state index in [0.29, 0.717) is 13.0 Å². The van der Waals surface area contributed by atoms with Gasteiger partial charge in [-0.2, -0.15) is 0 Å². The average molecular weight is 202 g/mol. The normalized spacial score (nSPS) is 20.7. The van der Waals surface area contributed by atoms with Gasteiger partial charge in [0.1, 0.15) is 0 Å². The van der Waals surface area contributed by atoms with E-state index in [9.17, 15) is 9.59 Å². The first-order valence-corrected chi connectivity index (χ1v) is 4.71. The molecule has 1 aliphatic rings. The lowest BCUT2D eigenvalue weighted by molar-refractivity contribution is -0.169. The number of carboxylic acid groups (broad SMARTS) is 1. The molecule has 0 aromatic rings. The highest BCUT2D eigenvalue weighted by atomic mass is 16.7. The Labute approximate surface area is 82.0 Å². The van der Waals surface area contributed by atoms with Gasteiger partial charge in [0.05, 0.1) is 6.61 Å². The van der Waals surface area contributed by atoms with Crippen molar-refractivity contribution >= 4 is 11.9 Å². The Balaban J connectivity index is 2.06. The van der Waals surface area contributed by atoms with E-state index in [1.54, 1.807) is 0 Å². The molecule has 1 atom stereocenters. The van der Waals surface area contributed by atoms with Crippen LogP contribution in [0.3, 0.4) is 0 Å². The number of carbonyl (C=O) groups is 2. The number of ether oxygens (including phenoxy) is 2. The van der Waals surface area contributed by atoms with Gasteiger partial charge >= 0.3 is 11.9 Å². The minimum absolute atomic E-state index is 0.000619. The lowest BCUT2D eigenvalue weighted by Crippen LogP contribution is -2.16. The molecule has 1 N–H and O–H groups in total. The fourth-order valence-electron chi connectivity index (χ4n) is 1.23. The first-order chi connectivity index (χ1) is 6.68. The molecule has 0 saturated carbocycles. The van der Waals surface area contributed by atoms with Gasteiger partial charge < -0.3 is 14.6 Å². The standard InChI is InChI=1S/C9H14O5/c10-7(11)3-1-4-8(12)14-9-5-2-6-13-9/h9H,1-6H2,(H,10,11). The Bertz CT molecular complexity index is 207. The van der Waals surface area contributed by atoms with Gasteiger partial charge in [0.2, 0.25) is 6.29 Å². The van der Waals surface area contributed by atoms with Crippen molar-refractivity contribution in [1.82, 2.24) is 0 Å². The Hall–Kier alpha value is -1.10. The third-order valence-electron chi connectivity index (χ3n) is 1.92. The third-order valence-corrected chi connectivity index (χ3v) is 1.92. The predicted octanol–water partition coefficient (Wildman–Crippen LogP) is 0.921. The van der Waals surface area contributed by atoms with E-state index < -0.39 is 12.3 Å². The van der Waals surface area contributed by atoms with Crippen LogP contribution < -0.4 is 0 Å². The van der Waals surface area contributed by atoms with Crippen molar-refractivity contribution in [2.45, 2.75) is 38.4 Å². The van der Waals surface area contributed by atoms with Crippen LogP contribution in [0.5, 0.6) is 0 Å². The summed E-state index contributed by atoms with van der Waals surface area (Å²) in [6, 6.07) is 0. The number of esters is 1. The van der Waals surface area contributed by atoms with Gasteiger partial charge in [-0.05, 0) is 12.8 Å². The highest BCUT2D eigenvalue weighted by molar-refractivity contribution is 5.71. The predicted molar refractivity (Wildman–Crippen MR) is 46.6 cm³/mol. The maximum atomic E-state index is 11.1. The Morgan fingerprint density at radius 2 is 2.21 bits per heavy atom. The quantitative estimate of drug-likeness (QED) is 0.671. The Morgan fingerprint density at radius 3 is 2.79 bits per heavy atom. The molecule has 0 spiro atoms. The number of carbonyl (C=O) groups excluding carboxylic acids is 1. The minimum Gasteiger partial charge on any atom is -0.481 e. The van der Waals surface area contributed by atoms with Gasteiger partial charge in [0.15, 0.2) is 0 Å². The largest absolute Gasteiger partial charge is 0.481 e. The monoisotopic (exact) mass is 202 g/mol. The molecule has 1 heterocycles. The summed E-state index contributed by atoms with van der Waals surface area (Å²) in [4.78, 5) is 21.2. The van der Waals surface area contributed by atoms with Crippen LogP contribution in [0, 0.1) is 0 Å². The van der Waals surface area contributed by atoms with E-state index in [2.05, 4.69) is 0 Å². The van der Waals surface area contributed by atoms with Gasteiger partial charge in [-0.15, -0.1) is 0 Å². The van der Waals surface area contributed by atoms with E-state index in [1.165, 1.54) is 0 Å². The molecule has 0 aliphatic carbocycles. The molecule has 0 radical (unpaired) electrons. The number of rotatable bonds is 5. The van der Waals surface area contributed by atoms with Crippen molar-refractivity contribution in [3.05, 3.63) is 0 Å². The lowest BCUT2D eigenvalue weighted by Gasteiger charge is -2.10. The average Bonchev–Trinajstić information content (AvgIpc) is 2.56. The molecule has 0 bridgehead atoms. The summed E-state index contributed by atoms with van der Waals surface area (Å²) >= 11 is 0. The second-order valence-corrected chi connectivity index (χ2v) is 3.18. The Kier molecular flexibility index (Phi) is 4.39. The zero-order chi connectivity index (χ0) is 10.4. The van der Waals surface area contributed by atoms with Crippen LogP contribution in [-0.4, -0.2) is 29.9 Å². The summed E-state index contributed by atoms with van der Waals surface area (Å²) in [7, 11) is 0. The lowest BCUT2D eigenvalue weighted by atomic mass is 10.2. The van der Waals surface area contributed by atoms with Crippen molar-refractivity contribution in [1.29, 1.82) is 0 Å². The zero-order valence-corrected chi connectivity index (χ0v) is 7.90. The molecule has 1 rings (SSSR count). The number of hydrogen-bond donors (Lipinski definition) is 1. The summed E-state index contributed by atoms with van der Waals surface area (Å²) in [5.74, 6) is -1.27. The van der Waals surface area contributed by atoms with E-state index in [-0.39, 0.29) is 18.8 Å². The van der Waals surface area contributed by atoms with Crippen LogP contribution in [0.25, 0.3) is 0 Å². The molecular weight excluding hydrogens is 188 g/mol. The molecule has 0 aromatic heterocycles. The second-order valence-electron chi connectivity index (χ2n) is 3.18. The van der Waals surface area contributed by atoms with Gasteiger partial charge in [0.25, 0.3) is 0 Å². The van der Waals surface area contributed by atoms with Crippen molar-refractivity contribution in [2.75, 3.05) is 6.61 Å². The van der Waals surface area contributed by atoms with Crippen molar-refractivity contribution in [2.24, 2.45) is 0 Å². The van der Waals surface area contributed by atoms with Gasteiger partial charge in [-0.3, -0.25) is 9.59 Å². The van der Waals surface area contributed by atoms with Crippen molar-refractivity contribution in [3.8, 4) is 0 Å². The summed E-state index contributed by atoms with van der Waals surface area (Å²) < 4.78 is 10.0. The summed E-state index contributed by atoms with van der Waals surface area (Å²) in [5.41, 5.74) is 0. The molecule has 1 saturated heterocycles. The van der Waals surface area contributed by atoms with Crippen LogP contribution in [0.15, 0.2) is 0 Å². The van der Waals surface area contributed by atoms with Gasteiger partial charge in [-0.25, -0.2) is 0 Å². The number of aliphatic carboxylic acids is 1. The van der Waals surface area contributed by atoms with E-state index >= 15 is 0 Å². The van der Waals surface area contributed by atoms with Gasteiger partial charge in [-0.1, -0.05) is 0 Å².